The van der Waals surface area contributed by atoms with E-state index in [0.29, 0.717) is 0 Å². The monoisotopic (exact) mass is 379 g/mol. The third kappa shape index (κ3) is 3.88. The molecule has 148 valence electrons. The van der Waals surface area contributed by atoms with Gasteiger partial charge in [0.1, 0.15) is 6.29 Å². The summed E-state index contributed by atoms with van der Waals surface area (Å²) in [5.74, 6) is 0. The zero-order chi connectivity index (χ0) is 19.5. The van der Waals surface area contributed by atoms with Crippen LogP contribution in [-0.4, -0.2) is 70.5 Å². The smallest absolute Gasteiger partial charge is 0.144 e. The number of nitrogens with zero attached hydrogens (tertiary/aromatic N) is 5. The topological polar surface area (TPSA) is 44.6 Å². The van der Waals surface area contributed by atoms with Crippen LogP contribution in [0.5, 0.6) is 0 Å². The molecule has 1 saturated heterocycles. The molecule has 3 heterocycles. The molecule has 0 spiro atoms. The number of carbonyl (C=O) groups is 1. The van der Waals surface area contributed by atoms with Gasteiger partial charge in [-0.25, -0.2) is 0 Å². The molecule has 1 aromatic carbocycles. The van der Waals surface area contributed by atoms with Crippen molar-refractivity contribution in [2.24, 2.45) is 7.05 Å². The number of hydrogen-bond donors (Lipinski definition) is 0. The fourth-order valence-corrected chi connectivity index (χ4v) is 4.27. The molecule has 0 aliphatic carbocycles. The standard InChI is InChI=1S/C22H29N5O/c1-24-11-13-26(14-12-24)17-19-16-21(23-25(19)2)22-20-7-4-3-6-18(20)8-10-27(22)9-5-15-28/h3-7,9,15-16,22H,8,10-14,17H2,1-2H3. The molecule has 2 aromatic rings. The van der Waals surface area contributed by atoms with Crippen LogP contribution in [0.4, 0.5) is 0 Å². The van der Waals surface area contributed by atoms with Crippen LogP contribution in [0.1, 0.15) is 28.6 Å². The number of carbonyl (C=O) groups excluding carboxylic acids is 1. The highest BCUT2D eigenvalue weighted by Gasteiger charge is 2.29. The molecule has 0 saturated carbocycles. The summed E-state index contributed by atoms with van der Waals surface area (Å²) in [5.41, 5.74) is 4.94. The number of benzene rings is 1. The number of aromatic nitrogens is 2. The second-order valence-electron chi connectivity index (χ2n) is 7.83. The van der Waals surface area contributed by atoms with Gasteiger partial charge in [0.15, 0.2) is 0 Å². The van der Waals surface area contributed by atoms with E-state index < -0.39 is 0 Å². The number of rotatable bonds is 5. The summed E-state index contributed by atoms with van der Waals surface area (Å²) in [7, 11) is 4.22. The Morgan fingerprint density at radius 3 is 2.68 bits per heavy atom. The van der Waals surface area contributed by atoms with Crippen LogP contribution in [-0.2, 0) is 24.8 Å². The van der Waals surface area contributed by atoms with E-state index in [2.05, 4.69) is 52.1 Å². The molecule has 6 nitrogen and oxygen atoms in total. The van der Waals surface area contributed by atoms with E-state index in [1.165, 1.54) is 16.8 Å². The lowest BCUT2D eigenvalue weighted by atomic mass is 9.91. The SMILES string of the molecule is CN1CCN(Cc2cc(C3c4ccccc4CCN3C=CC=O)nn2C)CC1. The van der Waals surface area contributed by atoms with Crippen molar-refractivity contribution in [2.45, 2.75) is 19.0 Å². The first-order valence-corrected chi connectivity index (χ1v) is 10.0. The average molecular weight is 380 g/mol. The van der Waals surface area contributed by atoms with E-state index in [-0.39, 0.29) is 6.04 Å². The minimum absolute atomic E-state index is 0.0496. The number of likely N-dealkylation sites (N-methyl/N-ethyl adjacent to an activating group) is 1. The Hall–Kier alpha value is -2.44. The first-order valence-electron chi connectivity index (χ1n) is 10.0. The van der Waals surface area contributed by atoms with Crippen LogP contribution in [0, 0.1) is 0 Å². The van der Waals surface area contributed by atoms with E-state index in [4.69, 9.17) is 5.10 Å². The Morgan fingerprint density at radius 2 is 1.89 bits per heavy atom. The van der Waals surface area contributed by atoms with Crippen LogP contribution < -0.4 is 0 Å². The molecule has 0 N–H and O–H groups in total. The summed E-state index contributed by atoms with van der Waals surface area (Å²) in [4.78, 5) is 18.0. The largest absolute Gasteiger partial charge is 0.364 e. The molecule has 1 atom stereocenters. The van der Waals surface area contributed by atoms with E-state index in [1.807, 2.05) is 17.9 Å². The molecule has 1 unspecified atom stereocenters. The van der Waals surface area contributed by atoms with E-state index in [1.54, 1.807) is 6.08 Å². The molecule has 1 fully saturated rings. The van der Waals surface area contributed by atoms with Crippen molar-refractivity contribution in [3.05, 3.63) is 65.1 Å². The summed E-state index contributed by atoms with van der Waals surface area (Å²) in [6, 6.07) is 10.9. The molecule has 0 bridgehead atoms. The molecular weight excluding hydrogens is 350 g/mol. The van der Waals surface area contributed by atoms with Gasteiger partial charge in [-0.1, -0.05) is 24.3 Å². The Bertz CT molecular complexity index is 850. The van der Waals surface area contributed by atoms with Gasteiger partial charge in [-0.3, -0.25) is 14.4 Å². The van der Waals surface area contributed by atoms with Gasteiger partial charge in [-0.15, -0.1) is 0 Å². The van der Waals surface area contributed by atoms with E-state index in [9.17, 15) is 4.79 Å². The number of hydrogen-bond acceptors (Lipinski definition) is 5. The lowest BCUT2D eigenvalue weighted by molar-refractivity contribution is -0.104. The van der Waals surface area contributed by atoms with Crippen LogP contribution in [0.2, 0.25) is 0 Å². The Kier molecular flexibility index (Phi) is 5.59. The van der Waals surface area contributed by atoms with Crippen molar-refractivity contribution in [2.75, 3.05) is 39.8 Å². The zero-order valence-electron chi connectivity index (χ0n) is 16.8. The van der Waals surface area contributed by atoms with Crippen molar-refractivity contribution >= 4 is 6.29 Å². The van der Waals surface area contributed by atoms with Gasteiger partial charge in [0.25, 0.3) is 0 Å². The van der Waals surface area contributed by atoms with Crippen molar-refractivity contribution in [1.82, 2.24) is 24.5 Å². The Balaban J connectivity index is 1.62. The fraction of sp³-hybridized carbons (Fsp3) is 0.455. The van der Waals surface area contributed by atoms with Crippen LogP contribution in [0.15, 0.2) is 42.6 Å². The van der Waals surface area contributed by atoms with Gasteiger partial charge in [0.2, 0.25) is 0 Å². The normalized spacial score (nSPS) is 21.2. The van der Waals surface area contributed by atoms with Crippen LogP contribution in [0.25, 0.3) is 0 Å². The molecule has 0 amide bonds. The van der Waals surface area contributed by atoms with E-state index >= 15 is 0 Å². The maximum atomic E-state index is 10.9. The quantitative estimate of drug-likeness (QED) is 0.586. The Labute approximate surface area is 167 Å². The van der Waals surface area contributed by atoms with Gasteiger partial charge in [-0.05, 0) is 36.7 Å². The first-order chi connectivity index (χ1) is 13.7. The minimum Gasteiger partial charge on any atom is -0.364 e. The predicted molar refractivity (Wildman–Crippen MR) is 110 cm³/mol. The number of aldehydes is 1. The van der Waals surface area contributed by atoms with Gasteiger partial charge < -0.3 is 9.80 Å². The molecule has 1 aromatic heterocycles. The summed E-state index contributed by atoms with van der Waals surface area (Å²) in [5, 5.41) is 4.89. The third-order valence-corrected chi connectivity index (χ3v) is 5.93. The second kappa shape index (κ2) is 8.29. The summed E-state index contributed by atoms with van der Waals surface area (Å²) in [6.45, 7) is 6.23. The summed E-state index contributed by atoms with van der Waals surface area (Å²) < 4.78 is 2.02. The zero-order valence-corrected chi connectivity index (χ0v) is 16.8. The molecule has 0 radical (unpaired) electrons. The lowest BCUT2D eigenvalue weighted by Gasteiger charge is -2.35. The lowest BCUT2D eigenvalue weighted by Crippen LogP contribution is -2.44. The van der Waals surface area contributed by atoms with Gasteiger partial charge in [0, 0.05) is 52.5 Å². The summed E-state index contributed by atoms with van der Waals surface area (Å²) in [6.07, 6.45) is 5.31. The third-order valence-electron chi connectivity index (χ3n) is 5.93. The minimum atomic E-state index is 0.0496. The van der Waals surface area contributed by atoms with Gasteiger partial charge in [0.05, 0.1) is 17.4 Å². The predicted octanol–water partition coefficient (Wildman–Crippen LogP) is 1.83. The molecular formula is C22H29N5O. The number of allylic oxidation sites excluding steroid dienone is 1. The highest BCUT2D eigenvalue weighted by molar-refractivity contribution is 5.64. The number of aryl methyl sites for hydroxylation is 1. The van der Waals surface area contributed by atoms with Crippen LogP contribution >= 0.6 is 0 Å². The molecule has 4 rings (SSSR count). The van der Waals surface area contributed by atoms with Crippen LogP contribution in [0.3, 0.4) is 0 Å². The van der Waals surface area contributed by atoms with Crippen molar-refractivity contribution in [3.63, 3.8) is 0 Å². The van der Waals surface area contributed by atoms with Crippen molar-refractivity contribution in [3.8, 4) is 0 Å². The van der Waals surface area contributed by atoms with Gasteiger partial charge in [-0.2, -0.15) is 5.10 Å². The highest BCUT2D eigenvalue weighted by Crippen LogP contribution is 2.35. The molecule has 28 heavy (non-hydrogen) atoms. The number of piperazine rings is 1. The van der Waals surface area contributed by atoms with Gasteiger partial charge >= 0.3 is 0 Å². The van der Waals surface area contributed by atoms with Crippen molar-refractivity contribution in [1.29, 1.82) is 0 Å². The maximum Gasteiger partial charge on any atom is 0.144 e. The Morgan fingerprint density at radius 1 is 1.11 bits per heavy atom. The maximum absolute atomic E-state index is 10.9. The second-order valence-corrected chi connectivity index (χ2v) is 7.83. The fourth-order valence-electron chi connectivity index (χ4n) is 4.27. The number of fused-ring (bicyclic) bond motifs is 1. The van der Waals surface area contributed by atoms with E-state index in [0.717, 1.165) is 57.7 Å². The molecule has 6 heteroatoms. The molecule has 2 aliphatic rings. The molecule has 2 aliphatic heterocycles. The first kappa shape index (κ1) is 18.9. The summed E-state index contributed by atoms with van der Waals surface area (Å²) >= 11 is 0. The average Bonchev–Trinajstić information content (AvgIpc) is 3.07. The van der Waals surface area contributed by atoms with Crippen molar-refractivity contribution < 1.29 is 4.79 Å². The highest BCUT2D eigenvalue weighted by atomic mass is 16.1.